The number of nitro groups is 1. The van der Waals surface area contributed by atoms with Gasteiger partial charge in [0.25, 0.3) is 5.69 Å². The van der Waals surface area contributed by atoms with Crippen LogP contribution in [0.3, 0.4) is 0 Å². The van der Waals surface area contributed by atoms with Crippen LogP contribution in [0, 0.1) is 10.1 Å². The minimum absolute atomic E-state index is 0.134. The predicted octanol–water partition coefficient (Wildman–Crippen LogP) is 3.74. The molecular weight excluding hydrogens is 348 g/mol. The van der Waals surface area contributed by atoms with E-state index in [4.69, 9.17) is 10.5 Å². The van der Waals surface area contributed by atoms with Crippen LogP contribution < -0.4 is 5.73 Å². The second kappa shape index (κ2) is 8.41. The van der Waals surface area contributed by atoms with Crippen molar-refractivity contribution >= 4 is 11.4 Å². The molecule has 0 radical (unpaired) electrons. The quantitative estimate of drug-likeness (QED) is 0.474. The molecule has 1 atom stereocenters. The second-order valence-corrected chi connectivity index (χ2v) is 6.61. The molecule has 3 N–H and O–H groups in total. The van der Waals surface area contributed by atoms with Gasteiger partial charge in [-0.05, 0) is 38.3 Å². The summed E-state index contributed by atoms with van der Waals surface area (Å²) in [5.74, 6) is 0.278. The van der Waals surface area contributed by atoms with Gasteiger partial charge in [-0.2, -0.15) is 0 Å². The number of nitrogens with two attached hydrogens (primary N) is 1. The molecule has 1 aliphatic rings. The van der Waals surface area contributed by atoms with Gasteiger partial charge in [0.05, 0.1) is 11.0 Å². The molecule has 0 saturated carbocycles. The van der Waals surface area contributed by atoms with Gasteiger partial charge in [0, 0.05) is 36.2 Å². The van der Waals surface area contributed by atoms with Gasteiger partial charge >= 0.3 is 0 Å². The van der Waals surface area contributed by atoms with E-state index < -0.39 is 10.5 Å². The maximum Gasteiger partial charge on any atom is 0.293 e. The molecule has 0 aliphatic carbocycles. The molecule has 1 aromatic carbocycles. The average molecular weight is 374 g/mol. The number of ether oxygens (including phenoxy) is 1. The Morgan fingerprint density at radius 1 is 1.26 bits per heavy atom. The van der Waals surface area contributed by atoms with Crippen molar-refractivity contribution in [2.24, 2.45) is 0 Å². The van der Waals surface area contributed by atoms with Crippen LogP contribution in [0.15, 0.2) is 24.5 Å². The first-order valence-corrected chi connectivity index (χ1v) is 9.02. The number of rotatable bonds is 4. The van der Waals surface area contributed by atoms with Gasteiger partial charge in [-0.15, -0.1) is 0 Å². The highest BCUT2D eigenvalue weighted by atomic mass is 16.6. The van der Waals surface area contributed by atoms with Gasteiger partial charge in [-0.1, -0.05) is 13.8 Å². The number of nitrogens with zero attached hydrogens (tertiary/aromatic N) is 3. The summed E-state index contributed by atoms with van der Waals surface area (Å²) >= 11 is 0. The maximum atomic E-state index is 11.4. The topological polar surface area (TPSA) is 124 Å². The Bertz CT molecular complexity index is 795. The molecule has 2 heterocycles. The molecule has 0 bridgehead atoms. The van der Waals surface area contributed by atoms with Crippen molar-refractivity contribution in [3.05, 3.63) is 46.0 Å². The first-order chi connectivity index (χ1) is 12.8. The average Bonchev–Trinajstić information content (AvgIpc) is 3.17. The highest BCUT2D eigenvalue weighted by Gasteiger charge is 2.26. The van der Waals surface area contributed by atoms with Crippen molar-refractivity contribution in [2.45, 2.75) is 52.2 Å². The Hall–Kier alpha value is -2.58. The zero-order chi connectivity index (χ0) is 20.2. The standard InChI is InChI=1S/C17H20N4O4.C2H6/c1-17(2,22)16-19-8-11(9-20-16)10-6-12(14-4-3-5-25-14)15(18)13(7-10)21(23)24;1-2/h6-9,14,22H,3-5,18H2,1-2H3;1-2H3. The van der Waals surface area contributed by atoms with Crippen LogP contribution in [0.2, 0.25) is 0 Å². The van der Waals surface area contributed by atoms with Crippen molar-refractivity contribution < 1.29 is 14.8 Å². The first kappa shape index (κ1) is 20.7. The third kappa shape index (κ3) is 4.58. The van der Waals surface area contributed by atoms with E-state index >= 15 is 0 Å². The highest BCUT2D eigenvalue weighted by molar-refractivity contribution is 5.75. The van der Waals surface area contributed by atoms with Gasteiger partial charge in [0.1, 0.15) is 11.3 Å². The summed E-state index contributed by atoms with van der Waals surface area (Å²) in [7, 11) is 0. The zero-order valence-corrected chi connectivity index (χ0v) is 16.1. The SMILES string of the molecule is CC.CC(C)(O)c1ncc(-c2cc(C3CCCO3)c(N)c([N+](=O)[O-])c2)cn1. The van der Waals surface area contributed by atoms with E-state index in [1.165, 1.54) is 18.5 Å². The number of aliphatic hydroxyl groups is 1. The lowest BCUT2D eigenvalue weighted by Gasteiger charge is -2.16. The van der Waals surface area contributed by atoms with Gasteiger partial charge in [0.2, 0.25) is 0 Å². The number of benzene rings is 1. The molecule has 1 aromatic heterocycles. The minimum atomic E-state index is -1.16. The Balaban J connectivity index is 0.00000126. The molecule has 1 aliphatic heterocycles. The smallest absolute Gasteiger partial charge is 0.293 e. The Morgan fingerprint density at radius 2 is 1.89 bits per heavy atom. The number of anilines is 1. The molecule has 1 unspecified atom stereocenters. The number of nitrogen functional groups attached to an aromatic ring is 1. The van der Waals surface area contributed by atoms with Crippen molar-refractivity contribution in [2.75, 3.05) is 12.3 Å². The number of nitro benzene ring substituents is 1. The zero-order valence-electron chi connectivity index (χ0n) is 16.1. The number of aromatic nitrogens is 2. The third-order valence-electron chi connectivity index (χ3n) is 4.20. The lowest BCUT2D eigenvalue weighted by molar-refractivity contribution is -0.383. The fourth-order valence-corrected chi connectivity index (χ4v) is 2.86. The van der Waals surface area contributed by atoms with E-state index in [1.807, 2.05) is 13.8 Å². The Labute approximate surface area is 158 Å². The Kier molecular flexibility index (Phi) is 6.45. The van der Waals surface area contributed by atoms with Crippen LogP contribution >= 0.6 is 0 Å². The molecule has 8 nitrogen and oxygen atoms in total. The lowest BCUT2D eigenvalue weighted by Crippen LogP contribution is -2.19. The van der Waals surface area contributed by atoms with Crippen molar-refractivity contribution in [3.8, 4) is 11.1 Å². The maximum absolute atomic E-state index is 11.4. The molecule has 1 saturated heterocycles. The molecule has 27 heavy (non-hydrogen) atoms. The second-order valence-electron chi connectivity index (χ2n) is 6.61. The number of hydrogen-bond donors (Lipinski definition) is 2. The summed E-state index contributed by atoms with van der Waals surface area (Å²) in [6, 6.07) is 3.21. The van der Waals surface area contributed by atoms with Crippen LogP contribution in [0.4, 0.5) is 11.4 Å². The molecule has 0 amide bonds. The van der Waals surface area contributed by atoms with Crippen LogP contribution in [0.5, 0.6) is 0 Å². The third-order valence-corrected chi connectivity index (χ3v) is 4.20. The molecule has 146 valence electrons. The highest BCUT2D eigenvalue weighted by Crippen LogP contribution is 2.39. The summed E-state index contributed by atoms with van der Waals surface area (Å²) < 4.78 is 5.64. The van der Waals surface area contributed by atoms with Gasteiger partial charge in [-0.3, -0.25) is 10.1 Å². The lowest BCUT2D eigenvalue weighted by atomic mass is 9.97. The van der Waals surface area contributed by atoms with Crippen molar-refractivity contribution in [1.29, 1.82) is 0 Å². The van der Waals surface area contributed by atoms with E-state index in [-0.39, 0.29) is 23.3 Å². The van der Waals surface area contributed by atoms with E-state index in [9.17, 15) is 15.2 Å². The van der Waals surface area contributed by atoms with Crippen molar-refractivity contribution in [1.82, 2.24) is 9.97 Å². The molecule has 1 fully saturated rings. The predicted molar refractivity (Wildman–Crippen MR) is 103 cm³/mol. The Morgan fingerprint density at radius 3 is 2.37 bits per heavy atom. The van der Waals surface area contributed by atoms with E-state index in [0.29, 0.717) is 23.3 Å². The van der Waals surface area contributed by atoms with Crippen molar-refractivity contribution in [3.63, 3.8) is 0 Å². The molecule has 0 spiro atoms. The number of hydrogen-bond acceptors (Lipinski definition) is 7. The minimum Gasteiger partial charge on any atom is -0.393 e. The van der Waals surface area contributed by atoms with Crippen LogP contribution in [0.1, 0.15) is 58.0 Å². The van der Waals surface area contributed by atoms with Crippen LogP contribution in [0.25, 0.3) is 11.1 Å². The normalized spacial score (nSPS) is 16.6. The summed E-state index contributed by atoms with van der Waals surface area (Å²) in [5, 5.41) is 21.3. The largest absolute Gasteiger partial charge is 0.393 e. The fourth-order valence-electron chi connectivity index (χ4n) is 2.86. The molecule has 2 aromatic rings. The monoisotopic (exact) mass is 374 g/mol. The molecule has 3 rings (SSSR count). The van der Waals surface area contributed by atoms with E-state index in [1.54, 1.807) is 19.9 Å². The summed E-state index contributed by atoms with van der Waals surface area (Å²) in [6.45, 7) is 7.79. The molecule has 8 heteroatoms. The van der Waals surface area contributed by atoms with Crippen LogP contribution in [-0.2, 0) is 10.3 Å². The van der Waals surface area contributed by atoms with Gasteiger partial charge in [-0.25, -0.2) is 9.97 Å². The summed E-state index contributed by atoms with van der Waals surface area (Å²) in [5.41, 5.74) is 6.64. The molecular formula is C19H26N4O4. The van der Waals surface area contributed by atoms with E-state index in [0.717, 1.165) is 12.8 Å². The van der Waals surface area contributed by atoms with E-state index in [2.05, 4.69) is 9.97 Å². The van der Waals surface area contributed by atoms with Gasteiger partial charge in [0.15, 0.2) is 5.82 Å². The fraction of sp³-hybridized carbons (Fsp3) is 0.474. The van der Waals surface area contributed by atoms with Gasteiger partial charge < -0.3 is 15.6 Å². The van der Waals surface area contributed by atoms with Crippen LogP contribution in [-0.4, -0.2) is 26.6 Å². The first-order valence-electron chi connectivity index (χ1n) is 9.02. The summed E-state index contributed by atoms with van der Waals surface area (Å²) in [6.07, 6.45) is 4.50. The summed E-state index contributed by atoms with van der Waals surface area (Å²) in [4.78, 5) is 19.2.